The minimum absolute atomic E-state index is 0.0609. The van der Waals surface area contributed by atoms with Crippen molar-refractivity contribution in [1.82, 2.24) is 29.8 Å². The number of morpholine rings is 1. The lowest BCUT2D eigenvalue weighted by molar-refractivity contribution is -0.161. The van der Waals surface area contributed by atoms with Crippen LogP contribution in [-0.2, 0) is 63.9 Å². The zero-order valence-corrected chi connectivity index (χ0v) is 62.2. The van der Waals surface area contributed by atoms with E-state index in [9.17, 15) is 61.4 Å². The number of halogens is 3. The van der Waals surface area contributed by atoms with Gasteiger partial charge < -0.3 is 44.1 Å². The van der Waals surface area contributed by atoms with E-state index in [4.69, 9.17) is 18.9 Å². The predicted molar refractivity (Wildman–Crippen MR) is 376 cm³/mol. The lowest BCUT2D eigenvalue weighted by Gasteiger charge is -2.41. The van der Waals surface area contributed by atoms with Crippen molar-refractivity contribution < 1.29 is 80.4 Å². The molecule has 14 atom stereocenters. The van der Waals surface area contributed by atoms with Gasteiger partial charge in [0.05, 0.1) is 62.1 Å². The Bertz CT molecular complexity index is 2950. The molecule has 5 rings (SSSR count). The molecule has 2 aromatic carbocycles. The van der Waals surface area contributed by atoms with Crippen molar-refractivity contribution >= 4 is 58.7 Å². The monoisotopic (exact) mass is 1410 g/mol. The van der Waals surface area contributed by atoms with E-state index < -0.39 is 108 Å². The third-order valence-corrected chi connectivity index (χ3v) is 20.9. The smallest absolute Gasteiger partial charge is 0.410 e. The van der Waals surface area contributed by atoms with Gasteiger partial charge in [0.2, 0.25) is 29.5 Å². The van der Waals surface area contributed by atoms with Gasteiger partial charge in [-0.2, -0.15) is 13.2 Å². The number of benzene rings is 2. The number of hydrogen-bond donors (Lipinski definition) is 3. The number of methoxy groups -OCH3 is 2. The number of likely N-dealkylation sites (N-methyl/N-ethyl adjacent to an activating group) is 2. The maximum atomic E-state index is 14.9. The Labute approximate surface area is 592 Å². The maximum absolute atomic E-state index is 14.9. The molecule has 3 N–H and O–H groups in total. The number of nitrogens with zero attached hydrogens (tertiary/aromatic N) is 5. The lowest BCUT2D eigenvalue weighted by Crippen LogP contribution is -2.54. The van der Waals surface area contributed by atoms with Crippen LogP contribution >= 0.6 is 0 Å². The summed E-state index contributed by atoms with van der Waals surface area (Å²) in [6, 6.07) is 10.6. The Kier molecular flexibility index (Phi) is 34.3. The number of nitrogens with one attached hydrogen (secondary N) is 2. The van der Waals surface area contributed by atoms with Gasteiger partial charge in [0, 0.05) is 110 Å². The van der Waals surface area contributed by atoms with Crippen molar-refractivity contribution in [3.8, 4) is 0 Å². The van der Waals surface area contributed by atoms with Crippen LogP contribution in [0.1, 0.15) is 183 Å². The number of ketones is 3. The fourth-order valence-electron chi connectivity index (χ4n) is 14.6. The van der Waals surface area contributed by atoms with E-state index in [0.717, 1.165) is 5.56 Å². The number of amides is 6. The molecule has 0 bridgehead atoms. The molecule has 3 aliphatic rings. The molecule has 3 aliphatic heterocycles. The molecule has 24 heteroatoms. The fourth-order valence-corrected chi connectivity index (χ4v) is 14.6. The number of imide groups is 1. The summed E-state index contributed by atoms with van der Waals surface area (Å²) in [5, 5.41) is 16.6. The van der Waals surface area contributed by atoms with E-state index in [1.54, 1.807) is 82.8 Å². The highest BCUT2D eigenvalue weighted by atomic mass is 19.4. The van der Waals surface area contributed by atoms with Crippen LogP contribution in [0.15, 0.2) is 54.6 Å². The summed E-state index contributed by atoms with van der Waals surface area (Å²) in [6.45, 7) is 23.5. The number of ether oxygens (including phenoxy) is 4. The number of unbranched alkanes of at least 4 members (excludes halogenated alkanes) is 2. The largest absolute Gasteiger partial charge is 0.445 e. The first-order valence-electron chi connectivity index (χ1n) is 36.5. The van der Waals surface area contributed by atoms with E-state index in [2.05, 4.69) is 15.5 Å². The van der Waals surface area contributed by atoms with Gasteiger partial charge in [-0.1, -0.05) is 138 Å². The first kappa shape index (κ1) is 84.5. The maximum Gasteiger partial charge on any atom is 0.410 e. The van der Waals surface area contributed by atoms with Gasteiger partial charge in [-0.15, -0.1) is 0 Å². The lowest BCUT2D eigenvalue weighted by atomic mass is 9.83. The van der Waals surface area contributed by atoms with E-state index in [0.29, 0.717) is 89.2 Å². The highest BCUT2D eigenvalue weighted by Crippen LogP contribution is 2.35. The summed E-state index contributed by atoms with van der Waals surface area (Å²) < 4.78 is 67.3. The topological polar surface area (TPSA) is 251 Å². The fraction of sp³-hybridized carbons (Fsp3) is 0.724. The zero-order chi connectivity index (χ0) is 74.3. The van der Waals surface area contributed by atoms with Crippen LogP contribution < -0.4 is 10.6 Å². The molecule has 0 radical (unpaired) electrons. The third-order valence-electron chi connectivity index (χ3n) is 20.9. The van der Waals surface area contributed by atoms with Gasteiger partial charge in [0.1, 0.15) is 18.4 Å². The number of likely N-dealkylation sites (tertiary alicyclic amines) is 2. The summed E-state index contributed by atoms with van der Waals surface area (Å²) in [5.41, 5.74) is 1.65. The number of Topliss-reactive ketones (excluding diaryl/α,β-unsaturated/α-hetero) is 3. The Morgan fingerprint density at radius 1 is 0.730 bits per heavy atom. The van der Waals surface area contributed by atoms with Gasteiger partial charge in [-0.3, -0.25) is 53.5 Å². The molecule has 3 saturated heterocycles. The standard InChI is InChI=1S/C76H118F3N7O14/c1-16-50(8)69(63(97-14)45-66(91)85-36-24-28-59(85)71(98-15)53(11)60(87)41-51(9)70(92)55-25-19-17-20-26-55)82(12)74(95)58(47(2)3)44-62(89)68(49(6)7)83(13)75(96)100-46-54-30-32-57(33-31-54)80-72(93)56(27-23-34-84-37-39-99-40-38-84)43-61(88)67(48(4)5)81-64(76(77,78)79)29-21-18-22-35-86-65(90)42-52(10)73(86)94/h17,19-20,25-26,30-33,47-53,56,58-59,63-64,67-71,81,92H,16,18,21-24,27-29,34-46H2,1-15H3,(H,80,93)/t50-,51-,52?,53-,56+,58-,59-,63+,64+,67-,68-,69-,70+,71+/m0/s1. The highest BCUT2D eigenvalue weighted by molar-refractivity contribution is 6.03. The number of anilines is 1. The van der Waals surface area contributed by atoms with Crippen LogP contribution in [0.25, 0.3) is 0 Å². The molecule has 0 saturated carbocycles. The van der Waals surface area contributed by atoms with Gasteiger partial charge >= 0.3 is 12.3 Å². The van der Waals surface area contributed by atoms with Crippen molar-refractivity contribution in [1.29, 1.82) is 0 Å². The molecule has 0 aromatic heterocycles. The van der Waals surface area contributed by atoms with E-state index in [-0.39, 0.29) is 117 Å². The second-order valence-electron chi connectivity index (χ2n) is 29.4. The molecule has 100 heavy (non-hydrogen) atoms. The molecular formula is C76H118F3N7O14. The normalized spacial score (nSPS) is 19.9. The van der Waals surface area contributed by atoms with Crippen LogP contribution in [0, 0.1) is 53.3 Å². The van der Waals surface area contributed by atoms with Crippen molar-refractivity contribution in [2.24, 2.45) is 53.3 Å². The molecule has 0 spiro atoms. The summed E-state index contributed by atoms with van der Waals surface area (Å²) in [4.78, 5) is 133. The number of aliphatic hydroxyl groups is 1. The van der Waals surface area contributed by atoms with Crippen molar-refractivity contribution in [2.45, 2.75) is 227 Å². The Morgan fingerprint density at radius 2 is 1.39 bits per heavy atom. The average Bonchev–Trinajstić information content (AvgIpc) is 1.13. The summed E-state index contributed by atoms with van der Waals surface area (Å²) in [6.07, 6.45) is -4.68. The van der Waals surface area contributed by atoms with Crippen molar-refractivity contribution in [3.05, 3.63) is 65.7 Å². The molecule has 0 aliphatic carbocycles. The minimum atomic E-state index is -4.69. The first-order chi connectivity index (χ1) is 47.3. The molecule has 21 nitrogen and oxygen atoms in total. The Balaban J connectivity index is 1.20. The SMILES string of the molecule is CC[C@H](C)[C@@H]([C@@H](CC(=O)N1CCC[C@H]1[C@H](OC)[C@@H](C)C(=O)C[C@H](C)[C@@H](O)c1ccccc1)OC)N(C)C(=O)[C@@H](CC(=O)[C@H](C(C)C)N(C)C(=O)OCc1ccc(NC(=O)[C@H](CCCN2CCOCC2)CC(=O)[C@@H](N[C@H](CCCCCN2C(=O)CC(C)C2=O)C(F)(F)F)C(C)C)cc1)C(C)C. The number of carbonyl (C=O) groups is 9. The zero-order valence-electron chi connectivity index (χ0n) is 62.2. The molecule has 3 fully saturated rings. The van der Waals surface area contributed by atoms with Crippen LogP contribution in [0.2, 0.25) is 0 Å². The van der Waals surface area contributed by atoms with E-state index in [1.165, 1.54) is 24.0 Å². The van der Waals surface area contributed by atoms with Crippen LogP contribution in [0.3, 0.4) is 0 Å². The number of aliphatic hydroxyl groups excluding tert-OH is 1. The molecule has 1 unspecified atom stereocenters. The third kappa shape index (κ3) is 24.2. The molecule has 562 valence electrons. The molecule has 2 aromatic rings. The number of rotatable bonds is 42. The van der Waals surface area contributed by atoms with Crippen LogP contribution in [0.5, 0.6) is 0 Å². The van der Waals surface area contributed by atoms with Crippen LogP contribution in [-0.4, -0.2) is 205 Å². The van der Waals surface area contributed by atoms with Gasteiger partial charge in [-0.05, 0) is 97.9 Å². The van der Waals surface area contributed by atoms with Crippen LogP contribution in [0.4, 0.5) is 23.7 Å². The first-order valence-corrected chi connectivity index (χ1v) is 36.5. The quantitative estimate of drug-likeness (QED) is 0.0413. The van der Waals surface area contributed by atoms with Gasteiger partial charge in [-0.25, -0.2) is 4.79 Å². The summed E-state index contributed by atoms with van der Waals surface area (Å²) in [7, 11) is 6.23. The van der Waals surface area contributed by atoms with E-state index >= 15 is 0 Å². The molecule has 3 heterocycles. The minimum Gasteiger partial charge on any atom is -0.445 e. The second-order valence-corrected chi connectivity index (χ2v) is 29.4. The molecule has 6 amide bonds. The summed E-state index contributed by atoms with van der Waals surface area (Å²) in [5.74, 6) is -6.93. The number of carbonyl (C=O) groups excluding carboxylic acids is 9. The second kappa shape index (κ2) is 40.6. The number of hydrogen-bond acceptors (Lipinski definition) is 16. The number of alkyl halides is 3. The van der Waals surface area contributed by atoms with E-state index in [1.807, 2.05) is 71.9 Å². The predicted octanol–water partition coefficient (Wildman–Crippen LogP) is 10.9. The Hall–Kier alpha value is -6.18. The van der Waals surface area contributed by atoms with Crippen molar-refractivity contribution in [2.75, 3.05) is 79.6 Å². The average molecular weight is 1410 g/mol. The van der Waals surface area contributed by atoms with Gasteiger partial charge in [0.15, 0.2) is 11.6 Å². The highest BCUT2D eigenvalue weighted by Gasteiger charge is 2.46. The molecular weight excluding hydrogens is 1290 g/mol. The van der Waals surface area contributed by atoms with Crippen molar-refractivity contribution in [3.63, 3.8) is 0 Å². The summed E-state index contributed by atoms with van der Waals surface area (Å²) >= 11 is 0. The Morgan fingerprint density at radius 3 is 1.96 bits per heavy atom. The van der Waals surface area contributed by atoms with Gasteiger partial charge in [0.25, 0.3) is 0 Å².